The quantitative estimate of drug-likeness (QED) is 0.154. The zero-order valence-corrected chi connectivity index (χ0v) is 25.2. The molecule has 230 valence electrons. The fourth-order valence-electron chi connectivity index (χ4n) is 4.73. The Balaban J connectivity index is 1.96. The van der Waals surface area contributed by atoms with Crippen molar-refractivity contribution >= 4 is 64.0 Å². The van der Waals surface area contributed by atoms with E-state index in [1.807, 2.05) is 0 Å². The first kappa shape index (κ1) is 32.2. The molecule has 14 nitrogen and oxygen atoms in total. The Bertz CT molecular complexity index is 2040. The predicted octanol–water partition coefficient (Wildman–Crippen LogP) is 3.96. The van der Waals surface area contributed by atoms with Gasteiger partial charge in [0.05, 0.1) is 0 Å². The maximum absolute atomic E-state index is 12.4. The molecular formula is C26H27N3O11S3. The molecule has 0 spiro atoms. The normalized spacial score (nSPS) is 17.6. The van der Waals surface area contributed by atoms with Crippen LogP contribution in [0.5, 0.6) is 5.75 Å². The average molecular weight is 654 g/mol. The number of ketones is 1. The van der Waals surface area contributed by atoms with Gasteiger partial charge in [0.1, 0.15) is 31.7 Å². The monoisotopic (exact) mass is 653 g/mol. The number of phenols is 1. The van der Waals surface area contributed by atoms with Gasteiger partial charge in [-0.2, -0.15) is 25.3 Å². The van der Waals surface area contributed by atoms with Crippen molar-refractivity contribution in [1.82, 2.24) is 5.32 Å². The van der Waals surface area contributed by atoms with Gasteiger partial charge in [0.25, 0.3) is 30.4 Å². The molecule has 5 N–H and O–H groups in total. The summed E-state index contributed by atoms with van der Waals surface area (Å²) in [7, 11) is -14.9. The molecule has 4 rings (SSSR count). The van der Waals surface area contributed by atoms with Crippen LogP contribution in [0.3, 0.4) is 0 Å². The molecule has 1 aliphatic rings. The second kappa shape index (κ2) is 11.4. The van der Waals surface area contributed by atoms with Crippen molar-refractivity contribution in [3.8, 4) is 5.75 Å². The number of phenolic OH excluding ortho intramolecular Hbond substituents is 1. The molecule has 1 aliphatic carbocycles. The maximum Gasteiger partial charge on any atom is 0.297 e. The SMILES string of the molecule is CCC(=O)CCNC1=CC(C)(S(=O)(=O)O)Cc2cc(S(=O)(=O)O)c(N=Nc3ccc4ccccc4c3S(=O)(=O)O)c(O)c21. The van der Waals surface area contributed by atoms with Crippen LogP contribution >= 0.6 is 0 Å². The molecule has 0 saturated carbocycles. The number of carbonyl (C=O) groups excluding carboxylic acids is 1. The zero-order valence-electron chi connectivity index (χ0n) is 22.7. The highest BCUT2D eigenvalue weighted by molar-refractivity contribution is 7.87. The summed E-state index contributed by atoms with van der Waals surface area (Å²) in [5.74, 6) is -1.02. The third kappa shape index (κ3) is 6.46. The zero-order chi connectivity index (χ0) is 32.0. The van der Waals surface area contributed by atoms with E-state index in [0.717, 1.165) is 19.1 Å². The van der Waals surface area contributed by atoms with Crippen molar-refractivity contribution in [2.45, 2.75) is 47.6 Å². The summed E-state index contributed by atoms with van der Waals surface area (Å²) < 4.78 is 102. The van der Waals surface area contributed by atoms with E-state index in [4.69, 9.17) is 0 Å². The van der Waals surface area contributed by atoms with Crippen LogP contribution in [0.4, 0.5) is 11.4 Å². The third-order valence-electron chi connectivity index (χ3n) is 6.94. The Kier molecular flexibility index (Phi) is 8.53. The second-order valence-electron chi connectivity index (χ2n) is 9.98. The van der Waals surface area contributed by atoms with E-state index in [-0.39, 0.29) is 47.4 Å². The lowest BCUT2D eigenvalue weighted by Gasteiger charge is -2.32. The first-order chi connectivity index (χ1) is 19.9. The Morgan fingerprint density at radius 1 is 0.977 bits per heavy atom. The Morgan fingerprint density at radius 3 is 2.26 bits per heavy atom. The largest absolute Gasteiger partial charge is 0.505 e. The third-order valence-corrected chi connectivity index (χ3v) is 10.2. The number of nitrogens with zero attached hydrogens (tertiary/aromatic N) is 2. The van der Waals surface area contributed by atoms with Crippen LogP contribution in [0.15, 0.2) is 68.6 Å². The van der Waals surface area contributed by atoms with Crippen LogP contribution in [0.1, 0.15) is 37.8 Å². The molecule has 3 aromatic rings. The Labute approximate surface area is 247 Å². The first-order valence-electron chi connectivity index (χ1n) is 12.6. The van der Waals surface area contributed by atoms with Crippen molar-refractivity contribution < 1.29 is 48.8 Å². The summed E-state index contributed by atoms with van der Waals surface area (Å²) in [6.45, 7) is 2.78. The molecule has 0 aliphatic heterocycles. The smallest absolute Gasteiger partial charge is 0.297 e. The minimum Gasteiger partial charge on any atom is -0.505 e. The molecule has 3 aromatic carbocycles. The van der Waals surface area contributed by atoms with E-state index in [1.54, 1.807) is 19.1 Å². The van der Waals surface area contributed by atoms with Crippen LogP contribution in [0.2, 0.25) is 0 Å². The summed E-state index contributed by atoms with van der Waals surface area (Å²) in [6, 6.07) is 9.61. The second-order valence-corrected chi connectivity index (χ2v) is 14.6. The Morgan fingerprint density at radius 2 is 1.65 bits per heavy atom. The van der Waals surface area contributed by atoms with Crippen molar-refractivity contribution in [2.75, 3.05) is 6.54 Å². The van der Waals surface area contributed by atoms with Gasteiger partial charge in [0.15, 0.2) is 5.75 Å². The minimum absolute atomic E-state index is 0.0164. The van der Waals surface area contributed by atoms with Gasteiger partial charge in [-0.05, 0) is 42.5 Å². The lowest BCUT2D eigenvalue weighted by molar-refractivity contribution is -0.118. The molecule has 0 radical (unpaired) electrons. The van der Waals surface area contributed by atoms with Gasteiger partial charge in [-0.15, -0.1) is 10.2 Å². The molecule has 43 heavy (non-hydrogen) atoms. The summed E-state index contributed by atoms with van der Waals surface area (Å²) in [6.07, 6.45) is 0.802. The highest BCUT2D eigenvalue weighted by atomic mass is 32.2. The van der Waals surface area contributed by atoms with E-state index in [1.165, 1.54) is 24.3 Å². The number of Topliss-reactive ketones (excluding diaryl/α,β-unsaturated/α-hetero) is 1. The van der Waals surface area contributed by atoms with Gasteiger partial charge in [-0.3, -0.25) is 18.5 Å². The predicted molar refractivity (Wildman–Crippen MR) is 155 cm³/mol. The molecule has 0 aromatic heterocycles. The van der Waals surface area contributed by atoms with Crippen LogP contribution in [-0.2, 0) is 41.6 Å². The number of rotatable bonds is 10. The number of fused-ring (bicyclic) bond motifs is 2. The van der Waals surface area contributed by atoms with Crippen molar-refractivity contribution in [2.24, 2.45) is 10.2 Å². The average Bonchev–Trinajstić information content (AvgIpc) is 2.89. The molecule has 0 saturated heterocycles. The van der Waals surface area contributed by atoms with Gasteiger partial charge < -0.3 is 10.4 Å². The van der Waals surface area contributed by atoms with Crippen molar-refractivity contribution in [3.05, 3.63) is 59.7 Å². The molecule has 0 bridgehead atoms. The van der Waals surface area contributed by atoms with Crippen molar-refractivity contribution in [3.63, 3.8) is 0 Å². The van der Waals surface area contributed by atoms with Gasteiger partial charge in [0.2, 0.25) is 0 Å². The van der Waals surface area contributed by atoms with E-state index < -0.39 is 68.4 Å². The summed E-state index contributed by atoms with van der Waals surface area (Å²) in [5, 5.41) is 22.2. The lowest BCUT2D eigenvalue weighted by Crippen LogP contribution is -2.39. The molecular weight excluding hydrogens is 626 g/mol. The summed E-state index contributed by atoms with van der Waals surface area (Å²) in [5.41, 5.74) is -1.63. The van der Waals surface area contributed by atoms with Gasteiger partial charge in [-0.25, -0.2) is 0 Å². The Hall–Kier alpha value is -3.74. The molecule has 0 fully saturated rings. The van der Waals surface area contributed by atoms with Crippen molar-refractivity contribution in [1.29, 1.82) is 0 Å². The van der Waals surface area contributed by atoms with Gasteiger partial charge >= 0.3 is 0 Å². The van der Waals surface area contributed by atoms with Crippen LogP contribution in [-0.4, -0.2) is 61.1 Å². The van der Waals surface area contributed by atoms with E-state index >= 15 is 0 Å². The summed E-state index contributed by atoms with van der Waals surface area (Å²) >= 11 is 0. The number of hydrogen-bond donors (Lipinski definition) is 5. The van der Waals surface area contributed by atoms with E-state index in [9.17, 15) is 48.8 Å². The number of carbonyl (C=O) groups is 1. The topological polar surface area (TPSA) is 237 Å². The number of azo groups is 1. The minimum atomic E-state index is -5.17. The highest BCUT2D eigenvalue weighted by Gasteiger charge is 2.42. The number of nitrogens with one attached hydrogen (secondary N) is 1. The van der Waals surface area contributed by atoms with Crippen LogP contribution < -0.4 is 5.32 Å². The first-order valence-corrected chi connectivity index (χ1v) is 16.9. The van der Waals surface area contributed by atoms with Gasteiger partial charge in [0, 0.05) is 36.0 Å². The highest BCUT2D eigenvalue weighted by Crippen LogP contribution is 2.47. The molecule has 0 amide bonds. The van der Waals surface area contributed by atoms with E-state index in [0.29, 0.717) is 5.39 Å². The molecule has 17 heteroatoms. The van der Waals surface area contributed by atoms with Crippen LogP contribution in [0, 0.1) is 0 Å². The lowest BCUT2D eigenvalue weighted by atomic mass is 9.86. The van der Waals surface area contributed by atoms with E-state index in [2.05, 4.69) is 15.5 Å². The molecule has 1 unspecified atom stereocenters. The fraction of sp³-hybridized carbons (Fsp3) is 0.269. The fourth-order valence-corrected chi connectivity index (χ4v) is 6.84. The number of benzene rings is 3. The maximum atomic E-state index is 12.4. The van der Waals surface area contributed by atoms with Gasteiger partial charge in [-0.1, -0.05) is 37.3 Å². The summed E-state index contributed by atoms with van der Waals surface area (Å²) in [4.78, 5) is 10.2. The number of aromatic hydroxyl groups is 1. The molecule has 0 heterocycles. The standard InChI is InChI=1S/C26H27N3O11S3/c1-3-17(30)10-11-27-20-14-26(2,43(38,39)40)13-16-12-21(41(32,33)34)23(24(31)22(16)20)29-28-19-9-8-15-6-4-5-7-18(15)25(19)42(35,36)37/h4-9,12,14,27,31H,3,10-11,13H2,1-2H3,(H,32,33,34)(H,35,36,37)(H,38,39,40). The number of hydrogen-bond acceptors (Lipinski definition) is 11. The van der Waals surface area contributed by atoms with Crippen LogP contribution in [0.25, 0.3) is 16.5 Å². The molecule has 1 atom stereocenters.